The summed E-state index contributed by atoms with van der Waals surface area (Å²) in [5.74, 6) is -0.809. The number of carbonyl (C=O) groups excluding carboxylic acids is 1. The van der Waals surface area contributed by atoms with Gasteiger partial charge >= 0.3 is 6.18 Å². The van der Waals surface area contributed by atoms with Gasteiger partial charge in [-0.2, -0.15) is 13.2 Å². The van der Waals surface area contributed by atoms with Gasteiger partial charge in [0.1, 0.15) is 6.54 Å². The van der Waals surface area contributed by atoms with E-state index in [2.05, 4.69) is 11.6 Å². The van der Waals surface area contributed by atoms with E-state index in [0.717, 1.165) is 22.8 Å². The van der Waals surface area contributed by atoms with Crippen LogP contribution in [0.3, 0.4) is 0 Å². The maximum absolute atomic E-state index is 12.0. The molecule has 118 valence electrons. The molecule has 2 aromatic rings. The third-order valence-corrected chi connectivity index (χ3v) is 3.73. The molecule has 4 nitrogen and oxygen atoms in total. The number of benzene rings is 1. The second kappa shape index (κ2) is 6.87. The van der Waals surface area contributed by atoms with Crippen molar-refractivity contribution in [3.63, 3.8) is 0 Å². The number of aromatic nitrogens is 2. The summed E-state index contributed by atoms with van der Waals surface area (Å²) in [6, 6.07) is 7.44. The lowest BCUT2D eigenvalue weighted by atomic mass is 10.3. The molecule has 1 aromatic heterocycles. The van der Waals surface area contributed by atoms with Crippen molar-refractivity contribution in [2.75, 3.05) is 12.3 Å². The predicted molar refractivity (Wildman–Crippen MR) is 79.7 cm³/mol. The molecular formula is C14H14F3N3OS. The average Bonchev–Trinajstić information content (AvgIpc) is 2.81. The minimum atomic E-state index is -4.41. The number of nitrogens with zero attached hydrogens (tertiary/aromatic N) is 2. The van der Waals surface area contributed by atoms with Crippen molar-refractivity contribution in [2.45, 2.75) is 17.9 Å². The normalized spacial score (nSPS) is 11.6. The summed E-state index contributed by atoms with van der Waals surface area (Å²) in [5, 5.41) is 2.41. The fourth-order valence-corrected chi connectivity index (χ4v) is 2.70. The first kappa shape index (κ1) is 16.4. The average molecular weight is 329 g/mol. The Hall–Kier alpha value is -1.96. The zero-order valence-corrected chi connectivity index (χ0v) is 12.4. The van der Waals surface area contributed by atoms with Gasteiger partial charge in [-0.1, -0.05) is 30.0 Å². The molecule has 2 rings (SSSR count). The highest BCUT2D eigenvalue weighted by molar-refractivity contribution is 7.99. The molecule has 0 unspecified atom stereocenters. The van der Waals surface area contributed by atoms with Crippen LogP contribution in [0, 0.1) is 0 Å². The highest BCUT2D eigenvalue weighted by Crippen LogP contribution is 2.24. The smallest absolute Gasteiger partial charge is 0.346 e. The van der Waals surface area contributed by atoms with Crippen LogP contribution in [0.2, 0.25) is 0 Å². The van der Waals surface area contributed by atoms with Gasteiger partial charge in [0.15, 0.2) is 5.16 Å². The number of rotatable bonds is 6. The molecule has 0 aliphatic carbocycles. The summed E-state index contributed by atoms with van der Waals surface area (Å²) in [7, 11) is 0. The Bertz CT molecular complexity index is 682. The Morgan fingerprint density at radius 3 is 2.82 bits per heavy atom. The third-order valence-electron chi connectivity index (χ3n) is 2.75. The van der Waals surface area contributed by atoms with E-state index in [4.69, 9.17) is 0 Å². The number of carbonyl (C=O) groups is 1. The van der Waals surface area contributed by atoms with Crippen LogP contribution in [0.15, 0.2) is 42.1 Å². The fraction of sp³-hybridized carbons (Fsp3) is 0.286. The van der Waals surface area contributed by atoms with Crippen molar-refractivity contribution in [3.05, 3.63) is 36.9 Å². The number of halogens is 3. The number of hydrogen-bond acceptors (Lipinski definition) is 3. The summed E-state index contributed by atoms with van der Waals surface area (Å²) in [4.78, 5) is 15.8. The van der Waals surface area contributed by atoms with Crippen molar-refractivity contribution >= 4 is 28.7 Å². The lowest BCUT2D eigenvalue weighted by Crippen LogP contribution is -2.34. The topological polar surface area (TPSA) is 46.9 Å². The van der Waals surface area contributed by atoms with Crippen LogP contribution in [0.5, 0.6) is 0 Å². The number of alkyl halides is 3. The molecule has 0 fully saturated rings. The molecule has 1 N–H and O–H groups in total. The Morgan fingerprint density at radius 2 is 2.14 bits per heavy atom. The van der Waals surface area contributed by atoms with Crippen LogP contribution >= 0.6 is 11.8 Å². The first-order valence-electron chi connectivity index (χ1n) is 6.43. The van der Waals surface area contributed by atoms with Crippen molar-refractivity contribution in [1.29, 1.82) is 0 Å². The maximum Gasteiger partial charge on any atom is 0.405 e. The number of thioether (sulfide) groups is 1. The second-order valence-corrected chi connectivity index (χ2v) is 5.41. The molecule has 22 heavy (non-hydrogen) atoms. The summed E-state index contributed by atoms with van der Waals surface area (Å²) in [6.07, 6.45) is -2.71. The molecule has 0 saturated heterocycles. The fourth-order valence-electron chi connectivity index (χ4n) is 1.85. The van der Waals surface area contributed by atoms with E-state index in [9.17, 15) is 18.0 Å². The van der Waals surface area contributed by atoms with Crippen LogP contribution in [0.25, 0.3) is 11.0 Å². The summed E-state index contributed by atoms with van der Waals surface area (Å²) in [5.41, 5.74) is 1.66. The number of hydrogen-bond donors (Lipinski definition) is 1. The minimum absolute atomic E-state index is 0.128. The van der Waals surface area contributed by atoms with Crippen LogP contribution in [0.1, 0.15) is 0 Å². The molecule has 0 spiro atoms. The van der Waals surface area contributed by atoms with Gasteiger partial charge in [-0.3, -0.25) is 4.79 Å². The Labute approximate surface area is 129 Å². The lowest BCUT2D eigenvalue weighted by Gasteiger charge is -2.08. The minimum Gasteiger partial charge on any atom is -0.346 e. The van der Waals surface area contributed by atoms with E-state index >= 15 is 0 Å². The molecule has 1 heterocycles. The van der Waals surface area contributed by atoms with Gasteiger partial charge in [-0.05, 0) is 12.1 Å². The molecule has 8 heteroatoms. The van der Waals surface area contributed by atoms with Crippen molar-refractivity contribution in [1.82, 2.24) is 14.9 Å². The van der Waals surface area contributed by atoms with Crippen molar-refractivity contribution < 1.29 is 18.0 Å². The molecule has 1 amide bonds. The van der Waals surface area contributed by atoms with Crippen LogP contribution in [-0.4, -0.2) is 33.9 Å². The number of amides is 1. The van der Waals surface area contributed by atoms with Crippen LogP contribution in [0.4, 0.5) is 13.2 Å². The number of para-hydroxylation sites is 2. The number of imidazole rings is 1. The zero-order chi connectivity index (χ0) is 16.2. The largest absolute Gasteiger partial charge is 0.405 e. The summed E-state index contributed by atoms with van der Waals surface area (Å²) < 4.78 is 38.0. The van der Waals surface area contributed by atoms with Gasteiger partial charge in [0.05, 0.1) is 16.8 Å². The van der Waals surface area contributed by atoms with Gasteiger partial charge in [-0.25, -0.2) is 4.98 Å². The highest BCUT2D eigenvalue weighted by Gasteiger charge is 2.27. The predicted octanol–water partition coefficient (Wildman–Crippen LogP) is 2.99. The number of fused-ring (bicyclic) bond motifs is 1. The number of allylic oxidation sites excluding steroid dienone is 1. The lowest BCUT2D eigenvalue weighted by molar-refractivity contribution is -0.136. The SMILES string of the molecule is C=CCn1c(SCC(=O)NCC(F)(F)F)nc2ccccc21. The second-order valence-electron chi connectivity index (χ2n) is 4.46. The zero-order valence-electron chi connectivity index (χ0n) is 11.6. The van der Waals surface area contributed by atoms with E-state index in [0.29, 0.717) is 11.7 Å². The van der Waals surface area contributed by atoms with Crippen molar-refractivity contribution in [2.24, 2.45) is 0 Å². The highest BCUT2D eigenvalue weighted by atomic mass is 32.2. The van der Waals surface area contributed by atoms with Gasteiger partial charge in [0.2, 0.25) is 5.91 Å². The first-order chi connectivity index (χ1) is 10.4. The quantitative estimate of drug-likeness (QED) is 0.655. The Morgan fingerprint density at radius 1 is 1.41 bits per heavy atom. The van der Waals surface area contributed by atoms with Gasteiger partial charge in [0.25, 0.3) is 0 Å². The Balaban J connectivity index is 2.06. The molecule has 0 aliphatic rings. The van der Waals surface area contributed by atoms with E-state index in [1.807, 2.05) is 34.1 Å². The van der Waals surface area contributed by atoms with Crippen LogP contribution in [-0.2, 0) is 11.3 Å². The van der Waals surface area contributed by atoms with Crippen LogP contribution < -0.4 is 5.32 Å². The maximum atomic E-state index is 12.0. The van der Waals surface area contributed by atoms with E-state index in [-0.39, 0.29) is 5.75 Å². The van der Waals surface area contributed by atoms with Crippen molar-refractivity contribution in [3.8, 4) is 0 Å². The molecule has 0 saturated carbocycles. The third kappa shape index (κ3) is 4.27. The standard InChI is InChI=1S/C14H14F3N3OS/c1-2-7-20-11-6-4-3-5-10(11)19-13(20)22-8-12(21)18-9-14(15,16)17/h2-6H,1,7-9H2,(H,18,21). The first-order valence-corrected chi connectivity index (χ1v) is 7.41. The van der Waals surface area contributed by atoms with E-state index in [1.54, 1.807) is 6.08 Å². The van der Waals surface area contributed by atoms with Gasteiger partial charge in [-0.15, -0.1) is 6.58 Å². The molecule has 0 aliphatic heterocycles. The van der Waals surface area contributed by atoms with Gasteiger partial charge in [0, 0.05) is 6.54 Å². The van der Waals surface area contributed by atoms with E-state index in [1.165, 1.54) is 0 Å². The molecule has 0 bridgehead atoms. The van der Waals surface area contributed by atoms with Gasteiger partial charge < -0.3 is 9.88 Å². The number of nitrogens with one attached hydrogen (secondary N) is 1. The molecular weight excluding hydrogens is 315 g/mol. The molecule has 0 radical (unpaired) electrons. The molecule has 1 aromatic carbocycles. The Kier molecular flexibility index (Phi) is 5.12. The monoisotopic (exact) mass is 329 g/mol. The summed E-state index contributed by atoms with van der Waals surface area (Å²) >= 11 is 1.10. The summed E-state index contributed by atoms with van der Waals surface area (Å²) in [6.45, 7) is 2.86. The van der Waals surface area contributed by atoms with E-state index < -0.39 is 18.6 Å². The molecule has 0 atom stereocenters.